The van der Waals surface area contributed by atoms with Crippen LogP contribution in [0.15, 0.2) is 33.4 Å². The van der Waals surface area contributed by atoms with Crippen LogP contribution in [-0.2, 0) is 22.5 Å². The van der Waals surface area contributed by atoms with Crippen LogP contribution in [0, 0.1) is 0 Å². The zero-order valence-electron chi connectivity index (χ0n) is 13.3. The molecule has 3 aromatic rings. The van der Waals surface area contributed by atoms with Gasteiger partial charge in [0.15, 0.2) is 0 Å². The molecule has 3 rings (SSSR count). The fraction of sp³-hybridized carbons (Fsp3) is 0.357. The Labute approximate surface area is 141 Å². The molecule has 134 valence electrons. The van der Waals surface area contributed by atoms with Crippen LogP contribution < -0.4 is 0 Å². The van der Waals surface area contributed by atoms with Gasteiger partial charge in [0.1, 0.15) is 5.65 Å². The van der Waals surface area contributed by atoms with E-state index in [0.29, 0.717) is 22.7 Å². The first-order valence-corrected chi connectivity index (χ1v) is 9.32. The number of alkyl halides is 3. The Kier molecular flexibility index (Phi) is 4.27. The number of rotatable bonds is 4. The van der Waals surface area contributed by atoms with E-state index >= 15 is 0 Å². The summed E-state index contributed by atoms with van der Waals surface area (Å²) in [4.78, 5) is 7.68. The van der Waals surface area contributed by atoms with E-state index in [-0.39, 0.29) is 12.4 Å². The molecule has 0 aromatic carbocycles. The molecule has 0 radical (unpaired) electrons. The van der Waals surface area contributed by atoms with Crippen LogP contribution in [0.2, 0.25) is 0 Å². The van der Waals surface area contributed by atoms with E-state index in [9.17, 15) is 17.4 Å². The molecule has 1 unspecified atom stereocenters. The number of pyridine rings is 1. The number of fused-ring (bicyclic) bond motifs is 1. The minimum Gasteiger partial charge on any atom is -0.329 e. The van der Waals surface area contributed by atoms with E-state index in [1.165, 1.54) is 0 Å². The second-order valence-electron chi connectivity index (χ2n) is 5.37. The van der Waals surface area contributed by atoms with Gasteiger partial charge in [-0.15, -0.1) is 0 Å². The topological polar surface area (TPSA) is 85.7 Å². The van der Waals surface area contributed by atoms with Gasteiger partial charge in [-0.2, -0.15) is 18.2 Å². The molecule has 0 aliphatic heterocycles. The van der Waals surface area contributed by atoms with E-state index in [2.05, 4.69) is 24.0 Å². The summed E-state index contributed by atoms with van der Waals surface area (Å²) >= 11 is 0. The lowest BCUT2D eigenvalue weighted by Gasteiger charge is -1.97. The maximum atomic E-state index is 12.5. The Hall–Kier alpha value is -2.43. The van der Waals surface area contributed by atoms with Crippen LogP contribution in [0.5, 0.6) is 0 Å². The van der Waals surface area contributed by atoms with Crippen LogP contribution in [-0.4, -0.2) is 35.7 Å². The molecule has 11 heteroatoms. The zero-order chi connectivity index (χ0) is 18.2. The Morgan fingerprint density at radius 3 is 2.68 bits per heavy atom. The first-order valence-electron chi connectivity index (χ1n) is 7.22. The summed E-state index contributed by atoms with van der Waals surface area (Å²) in [7, 11) is -2.23. The van der Waals surface area contributed by atoms with Crippen molar-refractivity contribution in [3.05, 3.63) is 36.1 Å². The molecule has 0 bridgehead atoms. The van der Waals surface area contributed by atoms with Crippen molar-refractivity contribution < 1.29 is 21.9 Å². The molecular weight excluding hydrogens is 359 g/mol. The average Bonchev–Trinajstić information content (AvgIpc) is 3.18. The lowest BCUT2D eigenvalue weighted by atomic mass is 10.3. The largest absolute Gasteiger partial charge is 0.471 e. The van der Waals surface area contributed by atoms with Crippen LogP contribution in [0.1, 0.15) is 18.5 Å². The summed E-state index contributed by atoms with van der Waals surface area (Å²) in [5.41, 5.74) is 1.53. The van der Waals surface area contributed by atoms with Gasteiger partial charge in [0.2, 0.25) is 5.82 Å². The Bertz CT molecular complexity index is 1030. The summed E-state index contributed by atoms with van der Waals surface area (Å²) in [6.45, 7) is 1.99. The molecule has 3 heterocycles. The molecule has 0 fully saturated rings. The normalized spacial score (nSPS) is 14.6. The number of hydrogen-bond donors (Lipinski definition) is 0. The van der Waals surface area contributed by atoms with Gasteiger partial charge in [-0.1, -0.05) is 12.1 Å². The smallest absolute Gasteiger partial charge is 0.329 e. The van der Waals surface area contributed by atoms with E-state index in [1.807, 2.05) is 0 Å². The summed E-state index contributed by atoms with van der Waals surface area (Å²) < 4.78 is 59.5. The van der Waals surface area contributed by atoms with Crippen LogP contribution in [0.25, 0.3) is 17.0 Å². The van der Waals surface area contributed by atoms with Crippen molar-refractivity contribution >= 4 is 15.4 Å². The van der Waals surface area contributed by atoms with E-state index < -0.39 is 21.8 Å². The molecule has 3 aromatic heterocycles. The average molecular weight is 373 g/mol. The highest BCUT2D eigenvalue weighted by atomic mass is 32.2. The van der Waals surface area contributed by atoms with Gasteiger partial charge in [0.25, 0.3) is 0 Å². The summed E-state index contributed by atoms with van der Waals surface area (Å²) in [6.07, 6.45) is 0.0964. The minimum absolute atomic E-state index is 0.170. The summed E-state index contributed by atoms with van der Waals surface area (Å²) in [5.74, 6) is -1.12. The van der Waals surface area contributed by atoms with Crippen molar-refractivity contribution in [3.63, 3.8) is 0 Å². The lowest BCUT2D eigenvalue weighted by Crippen LogP contribution is -2.04. The molecule has 0 saturated carbocycles. The zero-order valence-corrected chi connectivity index (χ0v) is 14.1. The first kappa shape index (κ1) is 17.4. The second kappa shape index (κ2) is 6.14. The van der Waals surface area contributed by atoms with Crippen molar-refractivity contribution in [3.8, 4) is 11.4 Å². The monoisotopic (exact) mass is 373 g/mol. The van der Waals surface area contributed by atoms with Crippen LogP contribution in [0.4, 0.5) is 13.2 Å². The third kappa shape index (κ3) is 3.81. The summed E-state index contributed by atoms with van der Waals surface area (Å²) in [6, 6.07) is 3.16. The Balaban J connectivity index is 1.92. The Morgan fingerprint density at radius 1 is 1.28 bits per heavy atom. The third-order valence-corrected chi connectivity index (χ3v) is 5.21. The van der Waals surface area contributed by atoms with E-state index in [4.69, 9.17) is 0 Å². The van der Waals surface area contributed by atoms with Gasteiger partial charge in [-0.3, -0.25) is 4.21 Å². The lowest BCUT2D eigenvalue weighted by molar-refractivity contribution is -0.159. The van der Waals surface area contributed by atoms with Crippen LogP contribution >= 0.6 is 0 Å². The SMILES string of the molecule is CCS(C)(=O)=NCc1cn2cc(-c3noc(C(F)(F)F)n3)ccc2n1. The predicted molar refractivity (Wildman–Crippen MR) is 84.2 cm³/mol. The minimum atomic E-state index is -4.69. The first-order chi connectivity index (χ1) is 11.7. The van der Waals surface area contributed by atoms with Crippen molar-refractivity contribution in [1.29, 1.82) is 0 Å². The maximum Gasteiger partial charge on any atom is 0.471 e. The van der Waals surface area contributed by atoms with Gasteiger partial charge >= 0.3 is 12.1 Å². The van der Waals surface area contributed by atoms with Crippen LogP contribution in [0.3, 0.4) is 0 Å². The fourth-order valence-electron chi connectivity index (χ4n) is 2.00. The molecule has 25 heavy (non-hydrogen) atoms. The summed E-state index contributed by atoms with van der Waals surface area (Å²) in [5, 5.41) is 3.35. The second-order valence-corrected chi connectivity index (χ2v) is 8.13. The quantitative estimate of drug-likeness (QED) is 0.702. The van der Waals surface area contributed by atoms with Crippen molar-refractivity contribution in [2.75, 3.05) is 12.0 Å². The third-order valence-electron chi connectivity index (χ3n) is 3.46. The number of imidazole rings is 1. The molecule has 0 N–H and O–H groups in total. The Morgan fingerprint density at radius 2 is 2.04 bits per heavy atom. The van der Waals surface area contributed by atoms with E-state index in [1.54, 1.807) is 42.1 Å². The molecule has 7 nitrogen and oxygen atoms in total. The van der Waals surface area contributed by atoms with E-state index in [0.717, 1.165) is 0 Å². The van der Waals surface area contributed by atoms with Gasteiger partial charge in [0, 0.05) is 39.7 Å². The molecule has 0 saturated heterocycles. The molecule has 0 aliphatic rings. The van der Waals surface area contributed by atoms with Gasteiger partial charge in [-0.05, 0) is 12.1 Å². The van der Waals surface area contributed by atoms with Crippen molar-refractivity contribution in [1.82, 2.24) is 19.5 Å². The highest BCUT2D eigenvalue weighted by Crippen LogP contribution is 2.29. The van der Waals surface area contributed by atoms with Gasteiger partial charge in [0.05, 0.1) is 12.2 Å². The number of nitrogens with zero attached hydrogens (tertiary/aromatic N) is 5. The van der Waals surface area contributed by atoms with Gasteiger partial charge < -0.3 is 8.92 Å². The number of hydrogen-bond acceptors (Lipinski definition) is 6. The standard InChI is InChI=1S/C14H14F3N5O2S/c1-3-25(2,23)18-6-10-8-22-7-9(4-5-11(22)19-10)12-20-13(24-21-12)14(15,16)17/h4-5,7-8H,3,6H2,1-2H3. The number of halogens is 3. The molecule has 0 spiro atoms. The maximum absolute atomic E-state index is 12.5. The molecular formula is C14H14F3N5O2S. The number of aromatic nitrogens is 4. The van der Waals surface area contributed by atoms with Crippen molar-refractivity contribution in [2.45, 2.75) is 19.6 Å². The molecule has 1 atom stereocenters. The predicted octanol–water partition coefficient (Wildman–Crippen LogP) is 3.02. The molecule has 0 amide bonds. The van der Waals surface area contributed by atoms with Gasteiger partial charge in [-0.25, -0.2) is 9.35 Å². The molecule has 0 aliphatic carbocycles. The highest BCUT2D eigenvalue weighted by Gasteiger charge is 2.38. The fourth-order valence-corrected chi connectivity index (χ4v) is 2.59. The van der Waals surface area contributed by atoms with Crippen molar-refractivity contribution in [2.24, 2.45) is 4.36 Å². The highest BCUT2D eigenvalue weighted by molar-refractivity contribution is 7.92.